The molecule has 5 rings (SSSR count). The number of nitrogens with zero attached hydrogens (tertiary/aromatic N) is 5. The number of anilines is 3. The summed E-state index contributed by atoms with van der Waals surface area (Å²) in [6, 6.07) is 19.5. The van der Waals surface area contributed by atoms with Crippen LogP contribution in [-0.2, 0) is 11.3 Å². The van der Waals surface area contributed by atoms with Gasteiger partial charge in [-0.15, -0.1) is 5.10 Å². The first kappa shape index (κ1) is 26.4. The van der Waals surface area contributed by atoms with Crippen molar-refractivity contribution in [3.05, 3.63) is 106 Å². The zero-order chi connectivity index (χ0) is 27.4. The van der Waals surface area contributed by atoms with Crippen LogP contribution in [0.5, 0.6) is 0 Å². The van der Waals surface area contributed by atoms with E-state index in [2.05, 4.69) is 32.0 Å². The van der Waals surface area contributed by atoms with Crippen LogP contribution in [0.1, 0.15) is 22.9 Å². The van der Waals surface area contributed by atoms with Gasteiger partial charge in [0.05, 0.1) is 52.2 Å². The van der Waals surface area contributed by atoms with E-state index in [1.807, 2.05) is 42.6 Å². The molecular formula is C28H22Cl2FN7O. The fourth-order valence-electron chi connectivity index (χ4n) is 4.16. The number of rotatable bonds is 9. The van der Waals surface area contributed by atoms with Crippen molar-refractivity contribution in [3.8, 4) is 6.07 Å². The third-order valence-electron chi connectivity index (χ3n) is 6.05. The molecule has 0 spiro atoms. The smallest absolute Gasteiger partial charge is 0.141 e. The van der Waals surface area contributed by atoms with E-state index in [1.54, 1.807) is 17.9 Å². The molecule has 0 radical (unpaired) electrons. The van der Waals surface area contributed by atoms with Gasteiger partial charge in [0.1, 0.15) is 17.6 Å². The molecule has 3 aromatic carbocycles. The van der Waals surface area contributed by atoms with Gasteiger partial charge in [-0.25, -0.2) is 9.07 Å². The summed E-state index contributed by atoms with van der Waals surface area (Å²) in [4.78, 5) is 4.41. The van der Waals surface area contributed by atoms with Gasteiger partial charge in [0.15, 0.2) is 0 Å². The van der Waals surface area contributed by atoms with Crippen LogP contribution in [0.3, 0.4) is 0 Å². The minimum absolute atomic E-state index is 0.0403. The second-order valence-electron chi connectivity index (χ2n) is 8.65. The summed E-state index contributed by atoms with van der Waals surface area (Å²) < 4.78 is 20.6. The molecule has 0 saturated heterocycles. The van der Waals surface area contributed by atoms with E-state index in [-0.39, 0.29) is 16.6 Å². The van der Waals surface area contributed by atoms with Gasteiger partial charge in [-0.1, -0.05) is 58.7 Å². The lowest BCUT2D eigenvalue weighted by Gasteiger charge is -2.20. The van der Waals surface area contributed by atoms with Gasteiger partial charge in [0.2, 0.25) is 0 Å². The minimum Gasteiger partial charge on any atom is -0.383 e. The number of fused-ring (bicyclic) bond motifs is 1. The molecule has 196 valence electrons. The number of pyridine rings is 1. The monoisotopic (exact) mass is 561 g/mol. The zero-order valence-electron chi connectivity index (χ0n) is 20.7. The quantitative estimate of drug-likeness (QED) is 0.205. The van der Waals surface area contributed by atoms with Gasteiger partial charge in [-0.2, -0.15) is 5.26 Å². The number of halogens is 3. The van der Waals surface area contributed by atoms with Crippen LogP contribution in [0.15, 0.2) is 73.1 Å². The van der Waals surface area contributed by atoms with Crippen LogP contribution in [-0.4, -0.2) is 33.7 Å². The number of hydrogen-bond acceptors (Lipinski definition) is 7. The maximum Gasteiger partial charge on any atom is 0.141 e. The minimum atomic E-state index is -0.539. The Labute approximate surface area is 234 Å². The topological polar surface area (TPSA) is 101 Å². The molecule has 0 fully saturated rings. The molecule has 0 aliphatic carbocycles. The standard InChI is InChI=1S/C28H22Cl2FN7O/c1-39-10-9-38-16-25(36-37-38)27(17-5-3-2-4-6-17)35-20-11-21-26(34-19-7-8-24(31)22(29)12-19)18(14-32)15-33-28(21)23(30)13-20/h2-8,11-13,15-16,27,35H,9-10H2,1H3,(H,33,34). The number of hydrogen-bond donors (Lipinski definition) is 2. The fraction of sp³-hybridized carbons (Fsp3) is 0.143. The Bertz CT molecular complexity index is 1670. The van der Waals surface area contributed by atoms with E-state index in [0.717, 1.165) is 5.56 Å². The lowest BCUT2D eigenvalue weighted by atomic mass is 10.0. The predicted molar refractivity (Wildman–Crippen MR) is 150 cm³/mol. The van der Waals surface area contributed by atoms with E-state index in [1.165, 1.54) is 24.4 Å². The molecule has 2 heterocycles. The van der Waals surface area contributed by atoms with Crippen molar-refractivity contribution in [1.82, 2.24) is 20.0 Å². The number of aromatic nitrogens is 4. The SMILES string of the molecule is COCCn1cc(C(Nc2cc(Cl)c3ncc(C#N)c(Nc4ccc(F)c(Cl)c4)c3c2)c2ccccc2)nn1. The number of nitrogens with one attached hydrogen (secondary N) is 2. The summed E-state index contributed by atoms with van der Waals surface area (Å²) in [5, 5.41) is 26.1. The largest absolute Gasteiger partial charge is 0.383 e. The molecule has 2 aromatic heterocycles. The predicted octanol–water partition coefficient (Wildman–Crippen LogP) is 6.74. The summed E-state index contributed by atoms with van der Waals surface area (Å²) in [5.74, 6) is -0.539. The van der Waals surface area contributed by atoms with Gasteiger partial charge in [-0.3, -0.25) is 4.98 Å². The van der Waals surface area contributed by atoms with E-state index in [4.69, 9.17) is 27.9 Å². The molecule has 11 heteroatoms. The van der Waals surface area contributed by atoms with E-state index in [9.17, 15) is 9.65 Å². The highest BCUT2D eigenvalue weighted by atomic mass is 35.5. The highest BCUT2D eigenvalue weighted by Crippen LogP contribution is 2.37. The molecular weight excluding hydrogens is 540 g/mol. The number of ether oxygens (including phenoxy) is 1. The molecule has 0 bridgehead atoms. The van der Waals surface area contributed by atoms with Crippen LogP contribution >= 0.6 is 23.2 Å². The first-order valence-corrected chi connectivity index (χ1v) is 12.7. The van der Waals surface area contributed by atoms with Crippen molar-refractivity contribution in [1.29, 1.82) is 5.26 Å². The van der Waals surface area contributed by atoms with Crippen LogP contribution in [0.2, 0.25) is 10.0 Å². The summed E-state index contributed by atoms with van der Waals surface area (Å²) in [7, 11) is 1.63. The molecule has 8 nitrogen and oxygen atoms in total. The van der Waals surface area contributed by atoms with Crippen molar-refractivity contribution in [2.45, 2.75) is 12.6 Å². The second-order valence-corrected chi connectivity index (χ2v) is 9.47. The van der Waals surface area contributed by atoms with Crippen LogP contribution in [0.25, 0.3) is 10.9 Å². The fourth-order valence-corrected chi connectivity index (χ4v) is 4.61. The molecule has 2 N–H and O–H groups in total. The van der Waals surface area contributed by atoms with E-state index in [0.29, 0.717) is 51.8 Å². The average Bonchev–Trinajstić information content (AvgIpc) is 3.42. The van der Waals surface area contributed by atoms with Crippen molar-refractivity contribution < 1.29 is 9.13 Å². The Hall–Kier alpha value is -4.23. The average molecular weight is 562 g/mol. The van der Waals surface area contributed by atoms with Crippen LogP contribution in [0.4, 0.5) is 21.5 Å². The first-order chi connectivity index (χ1) is 19.0. The third-order valence-corrected chi connectivity index (χ3v) is 6.63. The summed E-state index contributed by atoms with van der Waals surface area (Å²) in [5.41, 5.74) is 4.11. The number of benzene rings is 3. The third kappa shape index (κ3) is 5.78. The molecule has 1 unspecified atom stereocenters. The maximum atomic E-state index is 13.7. The summed E-state index contributed by atoms with van der Waals surface area (Å²) in [6.45, 7) is 1.08. The normalized spacial score (nSPS) is 11.8. The van der Waals surface area contributed by atoms with E-state index >= 15 is 0 Å². The summed E-state index contributed by atoms with van der Waals surface area (Å²) >= 11 is 12.7. The molecule has 0 amide bonds. The number of nitriles is 1. The molecule has 0 saturated carbocycles. The first-order valence-electron chi connectivity index (χ1n) is 11.9. The Morgan fingerprint density at radius 3 is 2.62 bits per heavy atom. The van der Waals surface area contributed by atoms with Crippen LogP contribution in [0, 0.1) is 17.1 Å². The Kier molecular flexibility index (Phi) is 7.89. The highest BCUT2D eigenvalue weighted by molar-refractivity contribution is 6.36. The molecule has 1 atom stereocenters. The van der Waals surface area contributed by atoms with Gasteiger partial charge in [0, 0.05) is 30.1 Å². The highest BCUT2D eigenvalue weighted by Gasteiger charge is 2.20. The van der Waals surface area contributed by atoms with Gasteiger partial charge in [0.25, 0.3) is 0 Å². The maximum absolute atomic E-state index is 13.7. The Morgan fingerprint density at radius 2 is 1.87 bits per heavy atom. The lowest BCUT2D eigenvalue weighted by molar-refractivity contribution is 0.183. The van der Waals surface area contributed by atoms with Crippen molar-refractivity contribution >= 4 is 51.2 Å². The van der Waals surface area contributed by atoms with Crippen molar-refractivity contribution in [2.24, 2.45) is 0 Å². The van der Waals surface area contributed by atoms with Crippen molar-refractivity contribution in [3.63, 3.8) is 0 Å². The van der Waals surface area contributed by atoms with Gasteiger partial charge >= 0.3 is 0 Å². The Balaban J connectivity index is 1.58. The molecule has 0 aliphatic heterocycles. The summed E-state index contributed by atoms with van der Waals surface area (Å²) in [6.07, 6.45) is 3.31. The van der Waals surface area contributed by atoms with Gasteiger partial charge < -0.3 is 15.4 Å². The molecule has 0 aliphatic rings. The number of methoxy groups -OCH3 is 1. The molecule has 5 aromatic rings. The molecule has 39 heavy (non-hydrogen) atoms. The van der Waals surface area contributed by atoms with Crippen molar-refractivity contribution in [2.75, 3.05) is 24.4 Å². The Morgan fingerprint density at radius 1 is 1.08 bits per heavy atom. The van der Waals surface area contributed by atoms with Gasteiger partial charge in [-0.05, 0) is 35.9 Å². The van der Waals surface area contributed by atoms with E-state index < -0.39 is 5.82 Å². The zero-order valence-corrected chi connectivity index (χ0v) is 22.2. The second kappa shape index (κ2) is 11.7. The lowest BCUT2D eigenvalue weighted by Crippen LogP contribution is -2.13. The van der Waals surface area contributed by atoms with Crippen LogP contribution < -0.4 is 10.6 Å².